The van der Waals surface area contributed by atoms with Crippen LogP contribution in [0.4, 0.5) is 9.18 Å². The second-order valence-corrected chi connectivity index (χ2v) is 7.24. The average molecular weight is 409 g/mol. The number of fused-ring (bicyclic) bond motifs is 1. The van der Waals surface area contributed by atoms with Crippen LogP contribution in [0.2, 0.25) is 0 Å². The first-order chi connectivity index (χ1) is 14.4. The predicted molar refractivity (Wildman–Crippen MR) is 108 cm³/mol. The van der Waals surface area contributed by atoms with Crippen LogP contribution in [-0.2, 0) is 11.3 Å². The van der Waals surface area contributed by atoms with Crippen LogP contribution in [0.1, 0.15) is 15.9 Å². The van der Waals surface area contributed by atoms with E-state index >= 15 is 0 Å². The number of halogens is 1. The number of aromatic nitrogens is 1. The van der Waals surface area contributed by atoms with E-state index in [1.54, 1.807) is 41.3 Å². The molecule has 2 heterocycles. The molecule has 30 heavy (non-hydrogen) atoms. The number of Topliss-reactive ketones (excluding diaryl/α,β-unsaturated/α-hetero) is 1. The van der Waals surface area contributed by atoms with Gasteiger partial charge in [-0.05, 0) is 23.8 Å². The van der Waals surface area contributed by atoms with Gasteiger partial charge in [-0.3, -0.25) is 14.3 Å². The van der Waals surface area contributed by atoms with Crippen molar-refractivity contribution in [1.29, 1.82) is 0 Å². The number of carboxylic acid groups (broad SMARTS) is 1. The van der Waals surface area contributed by atoms with Gasteiger partial charge in [-0.15, -0.1) is 0 Å². The summed E-state index contributed by atoms with van der Waals surface area (Å²) in [4.78, 5) is 40.1. The molecule has 1 N–H and O–H groups in total. The largest absolute Gasteiger partial charge is 0.475 e. The molecular formula is C22H20FN3O4. The van der Waals surface area contributed by atoms with Crippen molar-refractivity contribution in [3.05, 3.63) is 71.7 Å². The number of benzene rings is 2. The Balaban J connectivity index is 1.49. The molecule has 1 saturated heterocycles. The van der Waals surface area contributed by atoms with E-state index in [-0.39, 0.29) is 17.4 Å². The first-order valence-electron chi connectivity index (χ1n) is 9.58. The summed E-state index contributed by atoms with van der Waals surface area (Å²) in [6, 6.07) is 12.8. The Hall–Kier alpha value is -3.52. The molecule has 0 atom stereocenters. The van der Waals surface area contributed by atoms with Gasteiger partial charge in [-0.1, -0.05) is 30.3 Å². The number of carbonyl (C=O) groups excluding carboxylic acids is 2. The van der Waals surface area contributed by atoms with Crippen molar-refractivity contribution in [1.82, 2.24) is 14.4 Å². The highest BCUT2D eigenvalue weighted by Crippen LogP contribution is 2.23. The number of para-hydroxylation sites is 1. The molecule has 7 nitrogen and oxygen atoms in total. The van der Waals surface area contributed by atoms with Crippen LogP contribution in [0.15, 0.2) is 54.7 Å². The van der Waals surface area contributed by atoms with Gasteiger partial charge in [-0.25, -0.2) is 14.0 Å². The number of hydrogen-bond donors (Lipinski definition) is 1. The van der Waals surface area contributed by atoms with Crippen LogP contribution in [-0.4, -0.2) is 63.4 Å². The summed E-state index contributed by atoms with van der Waals surface area (Å²) in [5, 5.41) is 9.51. The smallest absolute Gasteiger partial charge is 0.377 e. The number of carbonyl (C=O) groups is 3. The Kier molecular flexibility index (Phi) is 5.33. The molecule has 8 heteroatoms. The Morgan fingerprint density at radius 2 is 1.60 bits per heavy atom. The molecule has 4 rings (SSSR count). The van der Waals surface area contributed by atoms with Crippen molar-refractivity contribution in [3.8, 4) is 0 Å². The first-order valence-corrected chi connectivity index (χ1v) is 9.58. The third-order valence-electron chi connectivity index (χ3n) is 5.32. The lowest BCUT2D eigenvalue weighted by Crippen LogP contribution is -2.49. The van der Waals surface area contributed by atoms with Gasteiger partial charge in [-0.2, -0.15) is 0 Å². The number of hydrogen-bond acceptors (Lipinski definition) is 4. The Bertz CT molecular complexity index is 1120. The van der Waals surface area contributed by atoms with Gasteiger partial charge in [0.1, 0.15) is 5.82 Å². The Labute approximate surface area is 171 Å². The third kappa shape index (κ3) is 3.81. The van der Waals surface area contributed by atoms with E-state index in [2.05, 4.69) is 4.90 Å². The summed E-state index contributed by atoms with van der Waals surface area (Å²) in [5.41, 5.74) is 1.51. The third-order valence-corrected chi connectivity index (χ3v) is 5.32. The van der Waals surface area contributed by atoms with E-state index in [9.17, 15) is 18.8 Å². The second kappa shape index (κ2) is 8.08. The first kappa shape index (κ1) is 19.8. The minimum atomic E-state index is -1.56. The predicted octanol–water partition coefficient (Wildman–Crippen LogP) is 2.83. The summed E-state index contributed by atoms with van der Waals surface area (Å²) in [6.07, 6.45) is 1.31. The molecule has 1 amide bonds. The van der Waals surface area contributed by atoms with Crippen LogP contribution in [0.5, 0.6) is 0 Å². The molecule has 2 aromatic carbocycles. The monoisotopic (exact) mass is 409 g/mol. The van der Waals surface area contributed by atoms with Gasteiger partial charge >= 0.3 is 12.0 Å². The van der Waals surface area contributed by atoms with Crippen molar-refractivity contribution in [2.75, 3.05) is 26.2 Å². The van der Waals surface area contributed by atoms with Crippen LogP contribution >= 0.6 is 0 Å². The number of ketones is 1. The number of carboxylic acids is 1. The van der Waals surface area contributed by atoms with Crippen LogP contribution in [0.3, 0.4) is 0 Å². The summed E-state index contributed by atoms with van der Waals surface area (Å²) < 4.78 is 14.4. The molecule has 1 fully saturated rings. The van der Waals surface area contributed by atoms with Gasteiger partial charge < -0.3 is 10.0 Å². The average Bonchev–Trinajstić information content (AvgIpc) is 3.14. The number of nitrogens with zero attached hydrogens (tertiary/aromatic N) is 3. The molecule has 1 aromatic heterocycles. The number of aliphatic carboxylic acids is 1. The van der Waals surface area contributed by atoms with Crippen LogP contribution < -0.4 is 0 Å². The molecule has 0 spiro atoms. The van der Waals surface area contributed by atoms with Gasteiger partial charge in [0.15, 0.2) is 0 Å². The minimum absolute atomic E-state index is 0.00129. The maximum absolute atomic E-state index is 13.1. The molecule has 1 aliphatic heterocycles. The van der Waals surface area contributed by atoms with Crippen LogP contribution in [0, 0.1) is 5.82 Å². The fraction of sp³-hybridized carbons (Fsp3) is 0.227. The molecule has 0 aliphatic carbocycles. The van der Waals surface area contributed by atoms with E-state index in [1.165, 1.54) is 22.9 Å². The summed E-state index contributed by atoms with van der Waals surface area (Å²) in [7, 11) is 0. The van der Waals surface area contributed by atoms with Crippen molar-refractivity contribution >= 4 is 28.7 Å². The summed E-state index contributed by atoms with van der Waals surface area (Å²) in [5.74, 6) is -2.87. The van der Waals surface area contributed by atoms with E-state index in [4.69, 9.17) is 5.11 Å². The van der Waals surface area contributed by atoms with Crippen molar-refractivity contribution in [2.24, 2.45) is 0 Å². The highest BCUT2D eigenvalue weighted by Gasteiger charge is 2.26. The van der Waals surface area contributed by atoms with Crippen molar-refractivity contribution < 1.29 is 23.9 Å². The van der Waals surface area contributed by atoms with Gasteiger partial charge in [0.25, 0.3) is 5.78 Å². The van der Waals surface area contributed by atoms with Gasteiger partial charge in [0.05, 0.1) is 11.1 Å². The zero-order valence-electron chi connectivity index (χ0n) is 16.1. The highest BCUT2D eigenvalue weighted by molar-refractivity contribution is 6.42. The fourth-order valence-electron chi connectivity index (χ4n) is 3.73. The second-order valence-electron chi connectivity index (χ2n) is 7.24. The van der Waals surface area contributed by atoms with Crippen molar-refractivity contribution in [2.45, 2.75) is 6.54 Å². The van der Waals surface area contributed by atoms with E-state index in [0.29, 0.717) is 43.6 Å². The normalized spacial score (nSPS) is 14.8. The summed E-state index contributed by atoms with van der Waals surface area (Å²) in [6.45, 7) is 2.97. The lowest BCUT2D eigenvalue weighted by Gasteiger charge is -2.34. The lowest BCUT2D eigenvalue weighted by molar-refractivity contribution is -0.131. The van der Waals surface area contributed by atoms with E-state index in [0.717, 1.165) is 5.56 Å². The van der Waals surface area contributed by atoms with Gasteiger partial charge in [0, 0.05) is 44.3 Å². The maximum Gasteiger partial charge on any atom is 0.377 e. The molecule has 0 bridgehead atoms. The fourth-order valence-corrected chi connectivity index (χ4v) is 3.73. The van der Waals surface area contributed by atoms with E-state index in [1.807, 2.05) is 0 Å². The molecule has 0 saturated carbocycles. The molecule has 1 aliphatic rings. The molecule has 0 radical (unpaired) electrons. The molecular weight excluding hydrogens is 389 g/mol. The number of amides is 1. The Morgan fingerprint density at radius 3 is 2.27 bits per heavy atom. The molecule has 0 unspecified atom stereocenters. The zero-order chi connectivity index (χ0) is 21.3. The quantitative estimate of drug-likeness (QED) is 0.529. The maximum atomic E-state index is 13.1. The number of rotatable bonds is 4. The van der Waals surface area contributed by atoms with Gasteiger partial charge in [0.2, 0.25) is 0 Å². The summed E-state index contributed by atoms with van der Waals surface area (Å²) >= 11 is 0. The SMILES string of the molecule is O=C(O)C(=O)c1cn(C(=O)N2CCN(Cc3ccc(F)cc3)CC2)c2ccccc12. The standard InChI is InChI=1S/C22H20FN3O4/c23-16-7-5-15(6-8-16)13-24-9-11-25(12-10-24)22(30)26-14-18(20(27)21(28)29)17-3-1-2-4-19(17)26/h1-8,14H,9-13H2,(H,28,29). The molecule has 154 valence electrons. The number of piperazine rings is 1. The minimum Gasteiger partial charge on any atom is -0.475 e. The zero-order valence-corrected chi connectivity index (χ0v) is 16.1. The Morgan fingerprint density at radius 1 is 0.933 bits per heavy atom. The lowest BCUT2D eigenvalue weighted by atomic mass is 10.1. The topological polar surface area (TPSA) is 82.8 Å². The molecule has 3 aromatic rings. The van der Waals surface area contributed by atoms with Crippen molar-refractivity contribution in [3.63, 3.8) is 0 Å². The van der Waals surface area contributed by atoms with E-state index < -0.39 is 11.8 Å². The highest BCUT2D eigenvalue weighted by atomic mass is 19.1. The van der Waals surface area contributed by atoms with Crippen LogP contribution in [0.25, 0.3) is 10.9 Å².